The van der Waals surface area contributed by atoms with Crippen molar-refractivity contribution in [2.45, 2.75) is 67.0 Å². The lowest BCUT2D eigenvalue weighted by Gasteiger charge is -2.24. The molecule has 9 heteroatoms. The van der Waals surface area contributed by atoms with Crippen molar-refractivity contribution < 1.29 is 9.59 Å². The molecule has 0 atom stereocenters. The summed E-state index contributed by atoms with van der Waals surface area (Å²) in [6.45, 7) is 13.3. The molecule has 2 N–H and O–H groups in total. The Kier molecular flexibility index (Phi) is 10.2. The molecule has 0 radical (unpaired) electrons. The molecule has 4 rings (SSSR count). The number of amides is 2. The first kappa shape index (κ1) is 29.8. The van der Waals surface area contributed by atoms with Gasteiger partial charge in [-0.05, 0) is 73.6 Å². The number of benzene rings is 2. The molecule has 0 spiro atoms. The fraction of sp³-hybridized carbons (Fsp3) is 0.438. The Morgan fingerprint density at radius 1 is 0.927 bits per heavy atom. The third-order valence-corrected chi connectivity index (χ3v) is 7.05. The molecule has 218 valence electrons. The van der Waals surface area contributed by atoms with Gasteiger partial charge in [-0.1, -0.05) is 27.7 Å². The normalized spacial score (nSPS) is 11.4. The number of hydrogen-bond donors (Lipinski definition) is 2. The van der Waals surface area contributed by atoms with Gasteiger partial charge in [0, 0.05) is 62.4 Å². The van der Waals surface area contributed by atoms with E-state index < -0.39 is 0 Å². The summed E-state index contributed by atoms with van der Waals surface area (Å²) in [6, 6.07) is 13.4. The van der Waals surface area contributed by atoms with Gasteiger partial charge in [-0.3, -0.25) is 9.59 Å². The van der Waals surface area contributed by atoms with Gasteiger partial charge in [0.2, 0.25) is 11.9 Å². The topological polar surface area (TPSA) is 97.1 Å². The molecule has 4 aromatic rings. The number of carbonyl (C=O) groups is 2. The molecule has 0 aliphatic heterocycles. The summed E-state index contributed by atoms with van der Waals surface area (Å²) >= 11 is 0. The Bertz CT molecular complexity index is 1410. The number of aromatic nitrogens is 4. The molecule has 2 amide bonds. The van der Waals surface area contributed by atoms with Crippen LogP contribution in [0, 0.1) is 11.8 Å². The fourth-order valence-electron chi connectivity index (χ4n) is 4.70. The maximum atomic E-state index is 13.7. The Labute approximate surface area is 243 Å². The quantitative estimate of drug-likeness (QED) is 0.183. The zero-order valence-corrected chi connectivity index (χ0v) is 24.9. The van der Waals surface area contributed by atoms with E-state index in [-0.39, 0.29) is 11.8 Å². The van der Waals surface area contributed by atoms with Gasteiger partial charge in [-0.25, -0.2) is 9.97 Å². The first-order valence-corrected chi connectivity index (χ1v) is 14.6. The summed E-state index contributed by atoms with van der Waals surface area (Å²) in [5, 5.41) is 6.24. The lowest BCUT2D eigenvalue weighted by molar-refractivity contribution is -0.114. The number of fused-ring (bicyclic) bond motifs is 1. The second-order valence-electron chi connectivity index (χ2n) is 11.5. The Balaban J connectivity index is 1.63. The minimum Gasteiger partial charge on any atom is -0.339 e. The van der Waals surface area contributed by atoms with Gasteiger partial charge in [0.25, 0.3) is 5.91 Å². The highest BCUT2D eigenvalue weighted by atomic mass is 16.2. The van der Waals surface area contributed by atoms with E-state index in [1.807, 2.05) is 59.9 Å². The van der Waals surface area contributed by atoms with E-state index >= 15 is 0 Å². The number of hydrogen-bond acceptors (Lipinski definition) is 5. The highest BCUT2D eigenvalue weighted by Crippen LogP contribution is 2.26. The molecule has 41 heavy (non-hydrogen) atoms. The maximum absolute atomic E-state index is 13.7. The van der Waals surface area contributed by atoms with Crippen LogP contribution in [-0.2, 0) is 17.9 Å². The Morgan fingerprint density at radius 2 is 1.61 bits per heavy atom. The van der Waals surface area contributed by atoms with Crippen LogP contribution in [0.1, 0.15) is 64.2 Å². The van der Waals surface area contributed by atoms with Crippen LogP contribution in [0.4, 0.5) is 17.3 Å². The average molecular weight is 558 g/mol. The van der Waals surface area contributed by atoms with E-state index in [0.717, 1.165) is 61.3 Å². The number of carbonyl (C=O) groups excluding carboxylic acids is 2. The number of anilines is 3. The zero-order valence-electron chi connectivity index (χ0n) is 24.9. The minimum absolute atomic E-state index is 0.0717. The molecule has 0 saturated heterocycles. The highest BCUT2D eigenvalue weighted by Gasteiger charge is 2.19. The lowest BCUT2D eigenvalue weighted by atomic mass is 10.1. The van der Waals surface area contributed by atoms with Gasteiger partial charge >= 0.3 is 0 Å². The number of nitrogens with one attached hydrogen (secondary N) is 2. The van der Waals surface area contributed by atoms with E-state index in [1.54, 1.807) is 6.20 Å². The standard InChI is InChI=1S/C32H43N7O2/c1-23(2)13-18-38(19-14-24(3)4)31(41)26-7-12-29-30(21-26)39(17-6-16-37-20-15-33-22-37)32(36-29)35-28-10-8-27(9-11-28)34-25(5)40/h7-12,15,20-24H,6,13-14,16-19H2,1-5H3,(H,34,40)(H,35,36). The maximum Gasteiger partial charge on any atom is 0.253 e. The molecular weight excluding hydrogens is 514 g/mol. The van der Waals surface area contributed by atoms with E-state index in [1.165, 1.54) is 6.92 Å². The van der Waals surface area contributed by atoms with Crippen LogP contribution < -0.4 is 10.6 Å². The third kappa shape index (κ3) is 8.42. The van der Waals surface area contributed by atoms with Crippen molar-refractivity contribution >= 4 is 40.2 Å². The van der Waals surface area contributed by atoms with Gasteiger partial charge in [-0.2, -0.15) is 0 Å². The molecular formula is C32H43N7O2. The monoisotopic (exact) mass is 557 g/mol. The van der Waals surface area contributed by atoms with E-state index in [9.17, 15) is 9.59 Å². The number of nitrogens with zero attached hydrogens (tertiary/aromatic N) is 5. The number of imidazole rings is 2. The summed E-state index contributed by atoms with van der Waals surface area (Å²) < 4.78 is 4.21. The van der Waals surface area contributed by atoms with E-state index in [0.29, 0.717) is 29.9 Å². The summed E-state index contributed by atoms with van der Waals surface area (Å²) in [5.41, 5.74) is 4.03. The molecule has 0 unspecified atom stereocenters. The summed E-state index contributed by atoms with van der Waals surface area (Å²) in [7, 11) is 0. The molecule has 0 bridgehead atoms. The second kappa shape index (κ2) is 14.0. The predicted molar refractivity (Wildman–Crippen MR) is 165 cm³/mol. The third-order valence-electron chi connectivity index (χ3n) is 7.05. The molecule has 0 saturated carbocycles. The van der Waals surface area contributed by atoms with Crippen LogP contribution in [0.2, 0.25) is 0 Å². The minimum atomic E-state index is -0.109. The first-order valence-electron chi connectivity index (χ1n) is 14.6. The van der Waals surface area contributed by atoms with Crippen LogP contribution in [0.5, 0.6) is 0 Å². The van der Waals surface area contributed by atoms with Crippen LogP contribution in [0.25, 0.3) is 11.0 Å². The van der Waals surface area contributed by atoms with Crippen LogP contribution in [0.3, 0.4) is 0 Å². The van der Waals surface area contributed by atoms with Crippen LogP contribution >= 0.6 is 0 Å². The summed E-state index contributed by atoms with van der Waals surface area (Å²) in [5.74, 6) is 1.73. The predicted octanol–water partition coefficient (Wildman–Crippen LogP) is 6.56. The number of rotatable bonds is 14. The highest BCUT2D eigenvalue weighted by molar-refractivity contribution is 5.98. The number of aryl methyl sites for hydroxylation is 2. The van der Waals surface area contributed by atoms with Crippen molar-refractivity contribution in [2.24, 2.45) is 11.8 Å². The largest absolute Gasteiger partial charge is 0.339 e. The van der Waals surface area contributed by atoms with Gasteiger partial charge < -0.3 is 24.7 Å². The molecule has 0 fully saturated rings. The lowest BCUT2D eigenvalue weighted by Crippen LogP contribution is -2.34. The molecule has 2 aromatic carbocycles. The van der Waals surface area contributed by atoms with Crippen molar-refractivity contribution in [3.8, 4) is 0 Å². The van der Waals surface area contributed by atoms with Crippen LogP contribution in [-0.4, -0.2) is 48.9 Å². The summed E-state index contributed by atoms with van der Waals surface area (Å²) in [6.07, 6.45) is 8.39. The molecule has 9 nitrogen and oxygen atoms in total. The van der Waals surface area contributed by atoms with Crippen molar-refractivity contribution in [1.82, 2.24) is 24.0 Å². The smallest absolute Gasteiger partial charge is 0.253 e. The molecule has 2 heterocycles. The Hall–Kier alpha value is -4.14. The summed E-state index contributed by atoms with van der Waals surface area (Å²) in [4.78, 5) is 36.2. The van der Waals surface area contributed by atoms with Crippen molar-refractivity contribution in [3.63, 3.8) is 0 Å². The molecule has 2 aromatic heterocycles. The van der Waals surface area contributed by atoms with Gasteiger partial charge in [0.05, 0.1) is 17.4 Å². The molecule has 0 aliphatic carbocycles. The van der Waals surface area contributed by atoms with Gasteiger partial charge in [0.15, 0.2) is 0 Å². The SMILES string of the molecule is CC(=O)Nc1ccc(Nc2nc3ccc(C(=O)N(CCC(C)C)CCC(C)C)cc3n2CCCn2ccnc2)cc1. The zero-order chi connectivity index (χ0) is 29.4. The Morgan fingerprint density at radius 3 is 2.22 bits per heavy atom. The molecule has 0 aliphatic rings. The second-order valence-corrected chi connectivity index (χ2v) is 11.5. The van der Waals surface area contributed by atoms with E-state index in [4.69, 9.17) is 4.98 Å². The van der Waals surface area contributed by atoms with Crippen molar-refractivity contribution in [1.29, 1.82) is 0 Å². The van der Waals surface area contributed by atoms with Gasteiger partial charge in [0.1, 0.15) is 0 Å². The fourth-order valence-corrected chi connectivity index (χ4v) is 4.70. The van der Waals surface area contributed by atoms with Crippen LogP contribution in [0.15, 0.2) is 61.2 Å². The van der Waals surface area contributed by atoms with E-state index in [2.05, 4.69) is 52.4 Å². The first-order chi connectivity index (χ1) is 19.7. The average Bonchev–Trinajstić information content (AvgIpc) is 3.56. The van der Waals surface area contributed by atoms with Crippen molar-refractivity contribution in [3.05, 3.63) is 66.7 Å². The van der Waals surface area contributed by atoms with Gasteiger partial charge in [-0.15, -0.1) is 0 Å². The van der Waals surface area contributed by atoms with Crippen molar-refractivity contribution in [2.75, 3.05) is 23.7 Å².